The number of guanidine groups is 1. The molecule has 0 saturated carbocycles. The van der Waals surface area contributed by atoms with Gasteiger partial charge in [-0.3, -0.25) is 4.99 Å². The van der Waals surface area contributed by atoms with Crippen molar-refractivity contribution in [3.8, 4) is 0 Å². The standard InChI is InChI=1S/C12H18N6O/c1-9-16-17-11(18(9)3)8-15-12(13-2)14-7-10-5-4-6-19-10/h4-6H,7-8H2,1-3H3,(H2,13,14,15). The average molecular weight is 262 g/mol. The van der Waals surface area contributed by atoms with Crippen molar-refractivity contribution in [3.63, 3.8) is 0 Å². The van der Waals surface area contributed by atoms with Crippen molar-refractivity contribution < 1.29 is 4.42 Å². The van der Waals surface area contributed by atoms with Gasteiger partial charge in [0, 0.05) is 14.1 Å². The van der Waals surface area contributed by atoms with Gasteiger partial charge in [0.25, 0.3) is 0 Å². The molecule has 0 aliphatic rings. The Morgan fingerprint density at radius 3 is 2.74 bits per heavy atom. The Morgan fingerprint density at radius 2 is 2.16 bits per heavy atom. The van der Waals surface area contributed by atoms with Crippen LogP contribution in [0.2, 0.25) is 0 Å². The second kappa shape index (κ2) is 6.03. The van der Waals surface area contributed by atoms with Gasteiger partial charge in [-0.2, -0.15) is 0 Å². The smallest absolute Gasteiger partial charge is 0.191 e. The van der Waals surface area contributed by atoms with Gasteiger partial charge >= 0.3 is 0 Å². The van der Waals surface area contributed by atoms with Crippen molar-refractivity contribution in [2.75, 3.05) is 7.05 Å². The molecule has 0 fully saturated rings. The van der Waals surface area contributed by atoms with Crippen LogP contribution >= 0.6 is 0 Å². The van der Waals surface area contributed by atoms with E-state index >= 15 is 0 Å². The minimum absolute atomic E-state index is 0.565. The minimum Gasteiger partial charge on any atom is -0.467 e. The lowest BCUT2D eigenvalue weighted by atomic mass is 10.4. The van der Waals surface area contributed by atoms with Gasteiger partial charge in [-0.25, -0.2) is 0 Å². The number of aliphatic imine (C=N–C) groups is 1. The Balaban J connectivity index is 1.84. The molecule has 2 rings (SSSR count). The molecule has 7 nitrogen and oxygen atoms in total. The van der Waals surface area contributed by atoms with E-state index in [0.717, 1.165) is 17.4 Å². The summed E-state index contributed by atoms with van der Waals surface area (Å²) in [5, 5.41) is 14.4. The van der Waals surface area contributed by atoms with E-state index in [1.54, 1.807) is 13.3 Å². The van der Waals surface area contributed by atoms with E-state index < -0.39 is 0 Å². The van der Waals surface area contributed by atoms with E-state index in [9.17, 15) is 0 Å². The van der Waals surface area contributed by atoms with Crippen LogP contribution in [0.15, 0.2) is 27.8 Å². The van der Waals surface area contributed by atoms with Gasteiger partial charge in [0.15, 0.2) is 11.8 Å². The zero-order valence-electron chi connectivity index (χ0n) is 11.3. The van der Waals surface area contributed by atoms with Crippen molar-refractivity contribution in [2.24, 2.45) is 12.0 Å². The number of aromatic nitrogens is 3. The summed E-state index contributed by atoms with van der Waals surface area (Å²) in [5.41, 5.74) is 0. The molecular weight excluding hydrogens is 244 g/mol. The van der Waals surface area contributed by atoms with Crippen molar-refractivity contribution >= 4 is 5.96 Å². The summed E-state index contributed by atoms with van der Waals surface area (Å²) in [4.78, 5) is 4.13. The number of aryl methyl sites for hydroxylation is 1. The Kier molecular flexibility index (Phi) is 4.17. The maximum atomic E-state index is 5.24. The molecule has 19 heavy (non-hydrogen) atoms. The first-order chi connectivity index (χ1) is 9.20. The summed E-state index contributed by atoms with van der Waals surface area (Å²) in [7, 11) is 3.66. The van der Waals surface area contributed by atoms with E-state index in [0.29, 0.717) is 19.0 Å². The number of hydrogen-bond donors (Lipinski definition) is 2. The zero-order valence-corrected chi connectivity index (χ0v) is 11.3. The first-order valence-electron chi connectivity index (χ1n) is 6.02. The topological polar surface area (TPSA) is 80.3 Å². The minimum atomic E-state index is 0.565. The van der Waals surface area contributed by atoms with Crippen molar-refractivity contribution in [2.45, 2.75) is 20.0 Å². The second-order valence-corrected chi connectivity index (χ2v) is 4.08. The average Bonchev–Trinajstić information content (AvgIpc) is 3.03. The number of rotatable bonds is 4. The van der Waals surface area contributed by atoms with E-state index in [1.165, 1.54) is 0 Å². The molecule has 2 aromatic heterocycles. The maximum absolute atomic E-state index is 5.24. The fourth-order valence-corrected chi connectivity index (χ4v) is 1.57. The maximum Gasteiger partial charge on any atom is 0.191 e. The van der Waals surface area contributed by atoms with Crippen LogP contribution in [0.3, 0.4) is 0 Å². The first-order valence-corrected chi connectivity index (χ1v) is 6.02. The van der Waals surface area contributed by atoms with Gasteiger partial charge in [-0.15, -0.1) is 10.2 Å². The van der Waals surface area contributed by atoms with Crippen LogP contribution in [0, 0.1) is 6.92 Å². The number of nitrogens with one attached hydrogen (secondary N) is 2. The third-order valence-corrected chi connectivity index (χ3v) is 2.83. The summed E-state index contributed by atoms with van der Waals surface area (Å²) >= 11 is 0. The molecule has 0 unspecified atom stereocenters. The molecule has 102 valence electrons. The van der Waals surface area contributed by atoms with Crippen LogP contribution in [-0.2, 0) is 20.1 Å². The van der Waals surface area contributed by atoms with Crippen molar-refractivity contribution in [1.29, 1.82) is 0 Å². The molecular formula is C12H18N6O. The largest absolute Gasteiger partial charge is 0.467 e. The molecule has 2 N–H and O–H groups in total. The van der Waals surface area contributed by atoms with Gasteiger partial charge < -0.3 is 19.6 Å². The van der Waals surface area contributed by atoms with E-state index in [-0.39, 0.29) is 0 Å². The van der Waals surface area contributed by atoms with E-state index in [2.05, 4.69) is 25.8 Å². The normalized spacial score (nSPS) is 11.6. The summed E-state index contributed by atoms with van der Waals surface area (Å²) in [6, 6.07) is 3.77. The molecule has 0 atom stereocenters. The number of furan rings is 1. The molecule has 2 aromatic rings. The van der Waals surface area contributed by atoms with Gasteiger partial charge in [-0.1, -0.05) is 0 Å². The summed E-state index contributed by atoms with van der Waals surface area (Å²) < 4.78 is 7.18. The Labute approximate surface area is 111 Å². The Morgan fingerprint density at radius 1 is 1.37 bits per heavy atom. The van der Waals surface area contributed by atoms with Crippen LogP contribution in [0.5, 0.6) is 0 Å². The molecule has 0 aliphatic carbocycles. The highest BCUT2D eigenvalue weighted by atomic mass is 16.3. The molecule has 0 bridgehead atoms. The van der Waals surface area contributed by atoms with Crippen LogP contribution < -0.4 is 10.6 Å². The predicted molar refractivity (Wildman–Crippen MR) is 71.5 cm³/mol. The second-order valence-electron chi connectivity index (χ2n) is 4.08. The lowest BCUT2D eigenvalue weighted by Crippen LogP contribution is -2.36. The molecule has 2 heterocycles. The fraction of sp³-hybridized carbons (Fsp3) is 0.417. The van der Waals surface area contributed by atoms with Crippen LogP contribution in [0.1, 0.15) is 17.4 Å². The zero-order chi connectivity index (χ0) is 13.7. The molecule has 0 aliphatic heterocycles. The van der Waals surface area contributed by atoms with Gasteiger partial charge in [0.05, 0.1) is 19.4 Å². The predicted octanol–water partition coefficient (Wildman–Crippen LogP) is 0.582. The van der Waals surface area contributed by atoms with E-state index in [1.807, 2.05) is 30.7 Å². The molecule has 0 spiro atoms. The van der Waals surface area contributed by atoms with E-state index in [4.69, 9.17) is 4.42 Å². The quantitative estimate of drug-likeness (QED) is 0.622. The van der Waals surface area contributed by atoms with Crippen LogP contribution in [0.4, 0.5) is 0 Å². The van der Waals surface area contributed by atoms with Crippen molar-refractivity contribution in [1.82, 2.24) is 25.4 Å². The molecule has 0 saturated heterocycles. The molecule has 0 aromatic carbocycles. The number of hydrogen-bond acceptors (Lipinski definition) is 4. The first kappa shape index (κ1) is 13.1. The van der Waals surface area contributed by atoms with Gasteiger partial charge in [0.2, 0.25) is 0 Å². The highest BCUT2D eigenvalue weighted by Crippen LogP contribution is 1.99. The third kappa shape index (κ3) is 3.34. The van der Waals surface area contributed by atoms with Crippen LogP contribution in [0.25, 0.3) is 0 Å². The third-order valence-electron chi connectivity index (χ3n) is 2.83. The lowest BCUT2D eigenvalue weighted by Gasteiger charge is -2.10. The SMILES string of the molecule is CN=C(NCc1ccco1)NCc1nnc(C)n1C. The summed E-state index contributed by atoms with van der Waals surface area (Å²) in [5.74, 6) is 3.29. The van der Waals surface area contributed by atoms with Gasteiger partial charge in [-0.05, 0) is 19.1 Å². The highest BCUT2D eigenvalue weighted by molar-refractivity contribution is 5.79. The highest BCUT2D eigenvalue weighted by Gasteiger charge is 2.06. The monoisotopic (exact) mass is 262 g/mol. The van der Waals surface area contributed by atoms with Gasteiger partial charge in [0.1, 0.15) is 11.6 Å². The molecule has 0 amide bonds. The number of nitrogens with zero attached hydrogens (tertiary/aromatic N) is 4. The molecule has 7 heteroatoms. The van der Waals surface area contributed by atoms with Crippen molar-refractivity contribution in [3.05, 3.63) is 35.8 Å². The fourth-order valence-electron chi connectivity index (χ4n) is 1.57. The van der Waals surface area contributed by atoms with Crippen LogP contribution in [-0.4, -0.2) is 27.8 Å². The lowest BCUT2D eigenvalue weighted by molar-refractivity contribution is 0.501. The Bertz CT molecular complexity index is 543. The summed E-state index contributed by atoms with van der Waals surface area (Å²) in [6.45, 7) is 3.07. The molecule has 0 radical (unpaired) electrons. The summed E-state index contributed by atoms with van der Waals surface area (Å²) in [6.07, 6.45) is 1.65. The Hall–Kier alpha value is -2.31.